The molecule has 4 rings (SSSR count). The molecule has 7 nitrogen and oxygen atoms in total. The van der Waals surface area contributed by atoms with Gasteiger partial charge in [-0.25, -0.2) is 4.90 Å². The minimum Gasteiger partial charge on any atom is -0.497 e. The Morgan fingerprint density at radius 3 is 2.50 bits per heavy atom. The number of hydrogen-bond acceptors (Lipinski definition) is 5. The Bertz CT molecular complexity index is 1280. The second-order valence-electron chi connectivity index (χ2n) is 7.60. The van der Waals surface area contributed by atoms with Crippen LogP contribution >= 0.6 is 12.2 Å². The first-order valence-electron chi connectivity index (χ1n) is 10.1. The molecule has 0 unspecified atom stereocenters. The molecule has 8 heteroatoms. The number of methoxy groups -OCH3 is 2. The lowest BCUT2D eigenvalue weighted by molar-refractivity contribution is -0.122. The van der Waals surface area contributed by atoms with Gasteiger partial charge in [-0.15, -0.1) is 0 Å². The zero-order chi connectivity index (χ0) is 23.0. The summed E-state index contributed by atoms with van der Waals surface area (Å²) in [5, 5.41) is 3.57. The molecular weight excluding hydrogens is 426 g/mol. The SMILES string of the molecule is COc1ccc(N2C(=O)/C(=C/c3cn(C(C)C)c4ccccc34)C(=O)NC2=S)c(OC)c1. The summed E-state index contributed by atoms with van der Waals surface area (Å²) in [6.07, 6.45) is 3.57. The van der Waals surface area contributed by atoms with E-state index in [2.05, 4.69) is 23.7 Å². The third kappa shape index (κ3) is 3.62. The second kappa shape index (κ2) is 8.47. The topological polar surface area (TPSA) is 72.8 Å². The number of anilines is 1. The molecule has 2 heterocycles. The van der Waals surface area contributed by atoms with Gasteiger partial charge >= 0.3 is 0 Å². The molecule has 1 aliphatic rings. The van der Waals surface area contributed by atoms with Crippen molar-refractivity contribution in [3.63, 3.8) is 0 Å². The van der Waals surface area contributed by atoms with Crippen LogP contribution < -0.4 is 19.7 Å². The second-order valence-corrected chi connectivity index (χ2v) is 7.98. The minimum absolute atomic E-state index is 0.00905. The highest BCUT2D eigenvalue weighted by molar-refractivity contribution is 7.80. The van der Waals surface area contributed by atoms with Crippen molar-refractivity contribution in [3.05, 3.63) is 59.8 Å². The molecule has 0 bridgehead atoms. The fraction of sp³-hybridized carbons (Fsp3) is 0.208. The van der Waals surface area contributed by atoms with E-state index in [1.165, 1.54) is 12.0 Å². The summed E-state index contributed by atoms with van der Waals surface area (Å²) < 4.78 is 12.8. The molecule has 3 aromatic rings. The monoisotopic (exact) mass is 449 g/mol. The summed E-state index contributed by atoms with van der Waals surface area (Å²) in [6.45, 7) is 4.16. The molecule has 0 atom stereocenters. The van der Waals surface area contributed by atoms with Crippen molar-refractivity contribution in [1.29, 1.82) is 0 Å². The van der Waals surface area contributed by atoms with Crippen LogP contribution in [0.15, 0.2) is 54.2 Å². The zero-order valence-corrected chi connectivity index (χ0v) is 19.0. The van der Waals surface area contributed by atoms with E-state index in [0.29, 0.717) is 17.2 Å². The van der Waals surface area contributed by atoms with Crippen molar-refractivity contribution in [1.82, 2.24) is 9.88 Å². The van der Waals surface area contributed by atoms with E-state index in [-0.39, 0.29) is 16.7 Å². The number of fused-ring (bicyclic) bond motifs is 1. The summed E-state index contributed by atoms with van der Waals surface area (Å²) in [5.41, 5.74) is 2.21. The predicted molar refractivity (Wildman–Crippen MR) is 128 cm³/mol. The van der Waals surface area contributed by atoms with Gasteiger partial charge in [-0.05, 0) is 50.3 Å². The van der Waals surface area contributed by atoms with Crippen LogP contribution in [0.2, 0.25) is 0 Å². The van der Waals surface area contributed by atoms with E-state index < -0.39 is 11.8 Å². The molecule has 0 saturated carbocycles. The Morgan fingerprint density at radius 2 is 1.81 bits per heavy atom. The van der Waals surface area contributed by atoms with Gasteiger partial charge in [0.2, 0.25) is 0 Å². The number of benzene rings is 2. The van der Waals surface area contributed by atoms with Crippen molar-refractivity contribution in [3.8, 4) is 11.5 Å². The Labute approximate surface area is 191 Å². The number of carbonyl (C=O) groups is 2. The van der Waals surface area contributed by atoms with Gasteiger partial charge in [-0.1, -0.05) is 18.2 Å². The number of amides is 2. The molecule has 0 radical (unpaired) electrons. The molecule has 1 N–H and O–H groups in total. The number of nitrogens with zero attached hydrogens (tertiary/aromatic N) is 2. The maximum atomic E-state index is 13.5. The lowest BCUT2D eigenvalue weighted by Crippen LogP contribution is -2.54. The van der Waals surface area contributed by atoms with Crippen molar-refractivity contribution >= 4 is 51.8 Å². The van der Waals surface area contributed by atoms with Crippen LogP contribution in [0.1, 0.15) is 25.5 Å². The number of para-hydroxylation sites is 1. The quantitative estimate of drug-likeness (QED) is 0.361. The number of hydrogen-bond donors (Lipinski definition) is 1. The first-order chi connectivity index (χ1) is 15.3. The standard InChI is InChI=1S/C24H23N3O4S/c1-14(2)26-13-15(17-7-5-6-8-19(17)26)11-18-22(28)25-24(32)27(23(18)29)20-10-9-16(30-3)12-21(20)31-4/h5-14H,1-4H3,(H,25,28,32)/b18-11+. The molecule has 164 valence electrons. The van der Waals surface area contributed by atoms with Gasteiger partial charge < -0.3 is 14.0 Å². The fourth-order valence-corrected chi connectivity index (χ4v) is 4.05. The van der Waals surface area contributed by atoms with E-state index in [0.717, 1.165) is 16.5 Å². The molecule has 1 aliphatic heterocycles. The lowest BCUT2D eigenvalue weighted by atomic mass is 10.1. The summed E-state index contributed by atoms with van der Waals surface area (Å²) in [5.74, 6) is -0.0945. The van der Waals surface area contributed by atoms with Gasteiger partial charge in [-0.3, -0.25) is 14.9 Å². The first kappa shape index (κ1) is 21.6. The van der Waals surface area contributed by atoms with Gasteiger partial charge in [0.1, 0.15) is 17.1 Å². The molecule has 0 spiro atoms. The van der Waals surface area contributed by atoms with Crippen LogP contribution in [0, 0.1) is 0 Å². The number of nitrogens with one attached hydrogen (secondary N) is 1. The Balaban J connectivity index is 1.82. The van der Waals surface area contributed by atoms with Gasteiger partial charge in [-0.2, -0.15) is 0 Å². The normalized spacial score (nSPS) is 15.6. The van der Waals surface area contributed by atoms with E-state index >= 15 is 0 Å². The Hall–Kier alpha value is -3.65. The van der Waals surface area contributed by atoms with Gasteiger partial charge in [0.15, 0.2) is 5.11 Å². The van der Waals surface area contributed by atoms with Gasteiger partial charge in [0, 0.05) is 34.8 Å². The van der Waals surface area contributed by atoms with E-state index in [9.17, 15) is 9.59 Å². The number of thiocarbonyl (C=S) groups is 1. The van der Waals surface area contributed by atoms with Crippen molar-refractivity contribution in [2.75, 3.05) is 19.1 Å². The summed E-state index contributed by atoms with van der Waals surface area (Å²) in [4.78, 5) is 27.5. The largest absolute Gasteiger partial charge is 0.497 e. The number of carbonyl (C=O) groups excluding carboxylic acids is 2. The van der Waals surface area contributed by atoms with Crippen LogP contribution in [0.25, 0.3) is 17.0 Å². The average molecular weight is 450 g/mol. The third-order valence-corrected chi connectivity index (χ3v) is 5.64. The van der Waals surface area contributed by atoms with Crippen LogP contribution in [-0.2, 0) is 9.59 Å². The average Bonchev–Trinajstić information content (AvgIpc) is 3.15. The lowest BCUT2D eigenvalue weighted by Gasteiger charge is -2.30. The maximum Gasteiger partial charge on any atom is 0.270 e. The van der Waals surface area contributed by atoms with E-state index in [4.69, 9.17) is 21.7 Å². The van der Waals surface area contributed by atoms with E-state index in [1.807, 2.05) is 30.5 Å². The van der Waals surface area contributed by atoms with Crippen LogP contribution in [0.5, 0.6) is 11.5 Å². The molecule has 0 aliphatic carbocycles. The van der Waals surface area contributed by atoms with Crippen LogP contribution in [0.4, 0.5) is 5.69 Å². The fourth-order valence-electron chi connectivity index (χ4n) is 3.78. The van der Waals surface area contributed by atoms with Crippen LogP contribution in [-0.4, -0.2) is 35.7 Å². The molecule has 1 fully saturated rings. The maximum absolute atomic E-state index is 13.5. The molecule has 1 saturated heterocycles. The van der Waals surface area contributed by atoms with Crippen molar-refractivity contribution < 1.29 is 19.1 Å². The number of rotatable bonds is 5. The molecule has 2 aromatic carbocycles. The molecule has 1 aromatic heterocycles. The number of aromatic nitrogens is 1. The zero-order valence-electron chi connectivity index (χ0n) is 18.2. The third-order valence-electron chi connectivity index (χ3n) is 5.36. The highest BCUT2D eigenvalue weighted by atomic mass is 32.1. The predicted octanol–water partition coefficient (Wildman–Crippen LogP) is 4.07. The first-order valence-corrected chi connectivity index (χ1v) is 10.5. The van der Waals surface area contributed by atoms with Gasteiger partial charge in [0.25, 0.3) is 11.8 Å². The van der Waals surface area contributed by atoms with Gasteiger partial charge in [0.05, 0.1) is 19.9 Å². The Morgan fingerprint density at radius 1 is 1.06 bits per heavy atom. The Kier molecular flexibility index (Phi) is 5.71. The molecular formula is C24H23N3O4S. The summed E-state index contributed by atoms with van der Waals surface area (Å²) in [6, 6.07) is 13.1. The van der Waals surface area contributed by atoms with E-state index in [1.54, 1.807) is 31.4 Å². The summed E-state index contributed by atoms with van der Waals surface area (Å²) in [7, 11) is 3.03. The minimum atomic E-state index is -0.537. The summed E-state index contributed by atoms with van der Waals surface area (Å²) >= 11 is 5.32. The highest BCUT2D eigenvalue weighted by Gasteiger charge is 2.36. The number of ether oxygens (including phenoxy) is 2. The van der Waals surface area contributed by atoms with Crippen molar-refractivity contribution in [2.24, 2.45) is 0 Å². The molecule has 32 heavy (non-hydrogen) atoms. The molecule has 2 amide bonds. The highest BCUT2D eigenvalue weighted by Crippen LogP contribution is 2.35. The smallest absolute Gasteiger partial charge is 0.270 e. The van der Waals surface area contributed by atoms with Crippen molar-refractivity contribution in [2.45, 2.75) is 19.9 Å². The van der Waals surface area contributed by atoms with Crippen LogP contribution in [0.3, 0.4) is 0 Å².